The molecule has 0 aliphatic rings. The first-order chi connectivity index (χ1) is 17.7. The third-order valence-electron chi connectivity index (χ3n) is 6.08. The summed E-state index contributed by atoms with van der Waals surface area (Å²) in [7, 11) is 0. The van der Waals surface area contributed by atoms with Crippen LogP contribution in [0.2, 0.25) is 0 Å². The van der Waals surface area contributed by atoms with Gasteiger partial charge in [-0.15, -0.1) is 0 Å². The molecular formula is C28H35N7O. The van der Waals surface area contributed by atoms with Crippen LogP contribution in [0.3, 0.4) is 0 Å². The zero-order valence-corrected chi connectivity index (χ0v) is 20.6. The Balaban J connectivity index is 1.22. The second-order valence-corrected chi connectivity index (χ2v) is 8.89. The van der Waals surface area contributed by atoms with Gasteiger partial charge in [0.1, 0.15) is 17.8 Å². The lowest BCUT2D eigenvalue weighted by atomic mass is 10.1. The summed E-state index contributed by atoms with van der Waals surface area (Å²) in [6.45, 7) is 3.46. The Morgan fingerprint density at radius 3 is 2.47 bits per heavy atom. The molecular weight excluding hydrogens is 450 g/mol. The minimum atomic E-state index is -0.205. The van der Waals surface area contributed by atoms with Gasteiger partial charge in [0.15, 0.2) is 0 Å². The number of rotatable bonds is 15. The van der Waals surface area contributed by atoms with Gasteiger partial charge in [0.25, 0.3) is 0 Å². The number of amides is 1. The van der Waals surface area contributed by atoms with Gasteiger partial charge in [0, 0.05) is 37.4 Å². The van der Waals surface area contributed by atoms with Crippen LogP contribution >= 0.6 is 0 Å². The van der Waals surface area contributed by atoms with Gasteiger partial charge in [0.2, 0.25) is 5.91 Å². The summed E-state index contributed by atoms with van der Waals surface area (Å²) >= 11 is 0. The number of fused-ring (bicyclic) bond motifs is 1. The summed E-state index contributed by atoms with van der Waals surface area (Å²) in [5.41, 5.74) is 10.4. The summed E-state index contributed by atoms with van der Waals surface area (Å²) < 4.78 is 0. The van der Waals surface area contributed by atoms with Crippen molar-refractivity contribution in [1.82, 2.24) is 20.3 Å². The standard InChI is InChI=1S/C28H35N7O/c29-26(36)10-6-1-2-7-15-30-16-17-31-23-13-11-22(12-14-23)25-18-24-27(33-20-34-28(24)35-25)32-19-21-8-4-3-5-9-21/h3-5,8-9,11-14,18,20,30-31H,1-2,6-7,10,15-17,19H2,(H2,29,36)(H2,32,33,34,35). The lowest BCUT2D eigenvalue weighted by molar-refractivity contribution is -0.118. The number of carbonyl (C=O) groups is 1. The van der Waals surface area contributed by atoms with E-state index < -0.39 is 0 Å². The number of nitrogens with one attached hydrogen (secondary N) is 4. The number of nitrogens with two attached hydrogens (primary N) is 1. The number of H-pyrrole nitrogens is 1. The van der Waals surface area contributed by atoms with Crippen molar-refractivity contribution in [1.29, 1.82) is 0 Å². The molecule has 0 radical (unpaired) electrons. The largest absolute Gasteiger partial charge is 0.384 e. The van der Waals surface area contributed by atoms with Crippen LogP contribution < -0.4 is 21.7 Å². The number of primary amides is 1. The van der Waals surface area contributed by atoms with Gasteiger partial charge in [0.05, 0.1) is 5.39 Å². The Labute approximate surface area is 212 Å². The third-order valence-corrected chi connectivity index (χ3v) is 6.08. The molecule has 4 aromatic rings. The molecule has 8 heteroatoms. The van der Waals surface area contributed by atoms with Gasteiger partial charge in [-0.1, -0.05) is 55.3 Å². The fourth-order valence-electron chi connectivity index (χ4n) is 4.11. The average molecular weight is 486 g/mol. The van der Waals surface area contributed by atoms with Crippen molar-refractivity contribution in [2.24, 2.45) is 5.73 Å². The molecule has 2 heterocycles. The molecule has 0 bridgehead atoms. The maximum absolute atomic E-state index is 10.7. The molecule has 0 saturated heterocycles. The molecule has 188 valence electrons. The predicted molar refractivity (Wildman–Crippen MR) is 147 cm³/mol. The molecule has 6 N–H and O–H groups in total. The summed E-state index contributed by atoms with van der Waals surface area (Å²) in [6, 6.07) is 20.8. The van der Waals surface area contributed by atoms with E-state index >= 15 is 0 Å². The summed E-state index contributed by atoms with van der Waals surface area (Å²) in [5, 5.41) is 11.3. The van der Waals surface area contributed by atoms with E-state index in [0.29, 0.717) is 13.0 Å². The van der Waals surface area contributed by atoms with Crippen molar-refractivity contribution >= 4 is 28.4 Å². The average Bonchev–Trinajstić information content (AvgIpc) is 3.34. The molecule has 0 fully saturated rings. The zero-order valence-electron chi connectivity index (χ0n) is 20.6. The normalized spacial score (nSPS) is 11.0. The number of hydrogen-bond acceptors (Lipinski definition) is 6. The van der Waals surface area contributed by atoms with Crippen LogP contribution in [0.25, 0.3) is 22.3 Å². The topological polar surface area (TPSA) is 121 Å². The van der Waals surface area contributed by atoms with E-state index in [2.05, 4.69) is 73.4 Å². The molecule has 8 nitrogen and oxygen atoms in total. The maximum atomic E-state index is 10.7. The fraction of sp³-hybridized carbons (Fsp3) is 0.321. The number of nitrogens with zero attached hydrogens (tertiary/aromatic N) is 2. The maximum Gasteiger partial charge on any atom is 0.217 e. The van der Waals surface area contributed by atoms with Gasteiger partial charge in [-0.2, -0.15) is 0 Å². The molecule has 0 saturated carbocycles. The summed E-state index contributed by atoms with van der Waals surface area (Å²) in [5.74, 6) is 0.617. The van der Waals surface area contributed by atoms with Gasteiger partial charge < -0.3 is 26.7 Å². The minimum absolute atomic E-state index is 0.205. The molecule has 0 aliphatic heterocycles. The highest BCUT2D eigenvalue weighted by Crippen LogP contribution is 2.27. The molecule has 0 spiro atoms. The smallest absolute Gasteiger partial charge is 0.217 e. The first-order valence-electron chi connectivity index (χ1n) is 12.6. The van der Waals surface area contributed by atoms with E-state index in [1.807, 2.05) is 18.2 Å². The van der Waals surface area contributed by atoms with Crippen molar-refractivity contribution in [3.8, 4) is 11.3 Å². The zero-order chi connectivity index (χ0) is 25.0. The van der Waals surface area contributed by atoms with Crippen LogP contribution in [0.1, 0.15) is 37.7 Å². The lowest BCUT2D eigenvalue weighted by Crippen LogP contribution is -2.23. The molecule has 1 amide bonds. The molecule has 0 unspecified atom stereocenters. The molecule has 2 aromatic carbocycles. The highest BCUT2D eigenvalue weighted by Gasteiger charge is 2.09. The molecule has 4 rings (SSSR count). The van der Waals surface area contributed by atoms with Crippen molar-refractivity contribution in [2.75, 3.05) is 30.3 Å². The number of anilines is 2. The number of aromatic nitrogens is 3. The van der Waals surface area contributed by atoms with E-state index in [-0.39, 0.29) is 5.91 Å². The van der Waals surface area contributed by atoms with Crippen molar-refractivity contribution < 1.29 is 4.79 Å². The quantitative estimate of drug-likeness (QED) is 0.156. The van der Waals surface area contributed by atoms with Crippen molar-refractivity contribution in [2.45, 2.75) is 38.6 Å². The molecule has 2 aromatic heterocycles. The van der Waals surface area contributed by atoms with Crippen LogP contribution in [-0.4, -0.2) is 40.5 Å². The van der Waals surface area contributed by atoms with Gasteiger partial charge in [-0.05, 0) is 48.7 Å². The molecule has 0 aliphatic carbocycles. The number of hydrogen-bond donors (Lipinski definition) is 5. The number of unbranched alkanes of at least 4 members (excludes halogenated alkanes) is 3. The van der Waals surface area contributed by atoms with Crippen LogP contribution in [0.5, 0.6) is 0 Å². The van der Waals surface area contributed by atoms with Gasteiger partial charge in [-0.3, -0.25) is 4.79 Å². The second-order valence-electron chi connectivity index (χ2n) is 8.89. The van der Waals surface area contributed by atoms with Crippen LogP contribution in [0, 0.1) is 0 Å². The Morgan fingerprint density at radius 2 is 1.67 bits per heavy atom. The summed E-state index contributed by atoms with van der Waals surface area (Å²) in [4.78, 5) is 23.0. The Kier molecular flexibility index (Phi) is 9.27. The first kappa shape index (κ1) is 25.2. The third kappa shape index (κ3) is 7.55. The summed E-state index contributed by atoms with van der Waals surface area (Å²) in [6.07, 6.45) is 6.28. The number of aromatic amines is 1. The number of carbonyl (C=O) groups excluding carboxylic acids is 1. The number of benzene rings is 2. The van der Waals surface area contributed by atoms with Crippen LogP contribution in [0.4, 0.5) is 11.5 Å². The predicted octanol–water partition coefficient (Wildman–Crippen LogP) is 4.67. The van der Waals surface area contributed by atoms with Crippen LogP contribution in [-0.2, 0) is 11.3 Å². The highest BCUT2D eigenvalue weighted by atomic mass is 16.1. The van der Waals surface area contributed by atoms with E-state index in [0.717, 1.165) is 79.1 Å². The molecule has 0 atom stereocenters. The Bertz CT molecular complexity index is 1220. The Hall–Kier alpha value is -3.91. The second kappa shape index (κ2) is 13.3. The monoisotopic (exact) mass is 485 g/mol. The Morgan fingerprint density at radius 1 is 0.861 bits per heavy atom. The van der Waals surface area contributed by atoms with E-state index in [4.69, 9.17) is 5.73 Å². The molecule has 36 heavy (non-hydrogen) atoms. The van der Waals surface area contributed by atoms with Crippen molar-refractivity contribution in [3.63, 3.8) is 0 Å². The fourth-order valence-corrected chi connectivity index (χ4v) is 4.11. The van der Waals surface area contributed by atoms with Crippen molar-refractivity contribution in [3.05, 3.63) is 72.6 Å². The van der Waals surface area contributed by atoms with Gasteiger partial charge in [-0.25, -0.2) is 9.97 Å². The highest BCUT2D eigenvalue weighted by molar-refractivity contribution is 5.91. The van der Waals surface area contributed by atoms with E-state index in [1.54, 1.807) is 6.33 Å². The SMILES string of the molecule is NC(=O)CCCCCCNCCNc1ccc(-c2cc3c(NCc4ccccc4)ncnc3[nH]2)cc1. The van der Waals surface area contributed by atoms with E-state index in [1.165, 1.54) is 5.56 Å². The minimum Gasteiger partial charge on any atom is -0.384 e. The van der Waals surface area contributed by atoms with E-state index in [9.17, 15) is 4.79 Å². The van der Waals surface area contributed by atoms with Crippen LogP contribution in [0.15, 0.2) is 67.0 Å². The first-order valence-corrected chi connectivity index (χ1v) is 12.6. The van der Waals surface area contributed by atoms with Gasteiger partial charge >= 0.3 is 0 Å². The lowest BCUT2D eigenvalue weighted by Gasteiger charge is -2.08.